The Morgan fingerprint density at radius 1 is 0.923 bits per heavy atom. The van der Waals surface area contributed by atoms with Crippen LogP contribution >= 0.6 is 0 Å². The number of rotatable bonds is 4. The second-order valence-corrected chi connectivity index (χ2v) is 6.01. The van der Waals surface area contributed by atoms with Crippen LogP contribution in [0.25, 0.3) is 33.4 Å². The van der Waals surface area contributed by atoms with Crippen LogP contribution in [0.4, 0.5) is 5.95 Å². The number of hydrogen-bond donors (Lipinski definition) is 2. The van der Waals surface area contributed by atoms with Gasteiger partial charge in [0.2, 0.25) is 5.95 Å². The Balaban J connectivity index is 1.97. The second-order valence-electron chi connectivity index (χ2n) is 6.01. The Morgan fingerprint density at radius 3 is 2.38 bits per heavy atom. The van der Waals surface area contributed by atoms with Gasteiger partial charge in [-0.2, -0.15) is 4.98 Å². The van der Waals surface area contributed by atoms with E-state index < -0.39 is 0 Å². The monoisotopic (exact) mass is 341 g/mol. The van der Waals surface area contributed by atoms with Crippen molar-refractivity contribution in [1.82, 2.24) is 15.0 Å². The topological polar surface area (TPSA) is 76.7 Å². The molecular formula is C21H19N5. The zero-order valence-corrected chi connectivity index (χ0v) is 14.5. The smallest absolute Gasteiger partial charge is 0.224 e. The van der Waals surface area contributed by atoms with E-state index in [0.717, 1.165) is 33.3 Å². The number of benzene rings is 2. The van der Waals surface area contributed by atoms with Crippen LogP contribution < -0.4 is 11.1 Å². The van der Waals surface area contributed by atoms with Crippen LogP contribution in [0.15, 0.2) is 66.9 Å². The summed E-state index contributed by atoms with van der Waals surface area (Å²) in [5, 5.41) is 3.87. The van der Waals surface area contributed by atoms with E-state index >= 15 is 0 Å². The van der Waals surface area contributed by atoms with Crippen molar-refractivity contribution in [3.8, 4) is 22.4 Å². The highest BCUT2D eigenvalue weighted by atomic mass is 15.1. The zero-order valence-electron chi connectivity index (χ0n) is 14.5. The summed E-state index contributed by atoms with van der Waals surface area (Å²) >= 11 is 0. The summed E-state index contributed by atoms with van der Waals surface area (Å²) in [5.41, 5.74) is 11.6. The van der Waals surface area contributed by atoms with Crippen molar-refractivity contribution in [2.24, 2.45) is 5.73 Å². The fraction of sp³-hybridized carbons (Fsp3) is 0.0952. The molecule has 0 aliphatic heterocycles. The molecule has 128 valence electrons. The Labute approximate surface area is 152 Å². The van der Waals surface area contributed by atoms with E-state index in [1.54, 1.807) is 13.2 Å². The van der Waals surface area contributed by atoms with E-state index in [0.29, 0.717) is 18.1 Å². The average Bonchev–Trinajstić information content (AvgIpc) is 2.73. The van der Waals surface area contributed by atoms with Gasteiger partial charge < -0.3 is 11.1 Å². The molecule has 0 fully saturated rings. The predicted molar refractivity (Wildman–Crippen MR) is 106 cm³/mol. The van der Waals surface area contributed by atoms with Crippen LogP contribution in [0.2, 0.25) is 0 Å². The number of fused-ring (bicyclic) bond motifs is 1. The van der Waals surface area contributed by atoms with Gasteiger partial charge in [-0.1, -0.05) is 54.6 Å². The van der Waals surface area contributed by atoms with Gasteiger partial charge >= 0.3 is 0 Å². The first kappa shape index (κ1) is 16.2. The van der Waals surface area contributed by atoms with Crippen LogP contribution in [0, 0.1) is 0 Å². The lowest BCUT2D eigenvalue weighted by molar-refractivity contribution is 1.07. The molecular weight excluding hydrogens is 322 g/mol. The highest BCUT2D eigenvalue weighted by molar-refractivity contribution is 5.90. The Hall–Kier alpha value is -3.31. The van der Waals surface area contributed by atoms with Gasteiger partial charge in [0.25, 0.3) is 0 Å². The summed E-state index contributed by atoms with van der Waals surface area (Å²) in [5.74, 6) is 0.557. The minimum Gasteiger partial charge on any atom is -0.357 e. The van der Waals surface area contributed by atoms with E-state index in [1.165, 1.54) is 0 Å². The second kappa shape index (κ2) is 6.90. The summed E-state index contributed by atoms with van der Waals surface area (Å²) < 4.78 is 0. The van der Waals surface area contributed by atoms with Crippen LogP contribution in [0.1, 0.15) is 5.56 Å². The van der Waals surface area contributed by atoms with E-state index in [4.69, 9.17) is 10.7 Å². The fourth-order valence-electron chi connectivity index (χ4n) is 2.94. The van der Waals surface area contributed by atoms with Crippen molar-refractivity contribution >= 4 is 17.0 Å². The van der Waals surface area contributed by atoms with Gasteiger partial charge in [0, 0.05) is 36.3 Å². The molecule has 4 rings (SSSR count). The van der Waals surface area contributed by atoms with Crippen LogP contribution in [-0.4, -0.2) is 22.0 Å². The molecule has 3 N–H and O–H groups in total. The number of nitrogens with zero attached hydrogens (tertiary/aromatic N) is 3. The van der Waals surface area contributed by atoms with E-state index in [-0.39, 0.29) is 0 Å². The van der Waals surface area contributed by atoms with Crippen LogP contribution in [-0.2, 0) is 6.54 Å². The highest BCUT2D eigenvalue weighted by Crippen LogP contribution is 2.33. The Morgan fingerprint density at radius 2 is 1.69 bits per heavy atom. The van der Waals surface area contributed by atoms with Gasteiger partial charge in [-0.3, -0.25) is 0 Å². The minimum absolute atomic E-state index is 0.524. The van der Waals surface area contributed by atoms with Gasteiger partial charge in [0.05, 0.1) is 5.69 Å². The molecule has 0 atom stereocenters. The molecule has 5 heteroatoms. The number of hydrogen-bond acceptors (Lipinski definition) is 5. The van der Waals surface area contributed by atoms with Crippen LogP contribution in [0.3, 0.4) is 0 Å². The molecule has 0 saturated carbocycles. The molecule has 0 saturated heterocycles. The number of nitrogens with one attached hydrogen (secondary N) is 1. The lowest BCUT2D eigenvalue weighted by Gasteiger charge is -2.12. The SMILES string of the molecule is CNc1ncc2cc(-c3ccccc3)c(-c3ccc(CN)cc3)nc2n1. The van der Waals surface area contributed by atoms with Gasteiger partial charge in [0.1, 0.15) is 0 Å². The van der Waals surface area contributed by atoms with Gasteiger partial charge in [-0.25, -0.2) is 9.97 Å². The maximum atomic E-state index is 5.73. The van der Waals surface area contributed by atoms with Gasteiger partial charge in [0.15, 0.2) is 5.65 Å². The molecule has 2 aromatic heterocycles. The van der Waals surface area contributed by atoms with Crippen molar-refractivity contribution in [3.05, 3.63) is 72.4 Å². The van der Waals surface area contributed by atoms with Crippen molar-refractivity contribution in [3.63, 3.8) is 0 Å². The lowest BCUT2D eigenvalue weighted by Crippen LogP contribution is -1.99. The summed E-state index contributed by atoms with van der Waals surface area (Å²) in [7, 11) is 1.80. The lowest BCUT2D eigenvalue weighted by atomic mass is 9.98. The molecule has 0 amide bonds. The Kier molecular flexibility index (Phi) is 4.29. The first-order chi connectivity index (χ1) is 12.8. The predicted octanol–water partition coefficient (Wildman–Crippen LogP) is 3.86. The molecule has 26 heavy (non-hydrogen) atoms. The van der Waals surface area contributed by atoms with Crippen LogP contribution in [0.5, 0.6) is 0 Å². The van der Waals surface area contributed by atoms with Crippen molar-refractivity contribution in [1.29, 1.82) is 0 Å². The summed E-state index contributed by atoms with van der Waals surface area (Å²) in [6.45, 7) is 0.524. The molecule has 4 aromatic rings. The number of aromatic nitrogens is 3. The van der Waals surface area contributed by atoms with Gasteiger partial charge in [-0.15, -0.1) is 0 Å². The number of anilines is 1. The fourth-order valence-corrected chi connectivity index (χ4v) is 2.94. The van der Waals surface area contributed by atoms with Gasteiger partial charge in [-0.05, 0) is 17.2 Å². The molecule has 0 radical (unpaired) electrons. The Bertz CT molecular complexity index is 1040. The molecule has 5 nitrogen and oxygen atoms in total. The third-order valence-electron chi connectivity index (χ3n) is 4.34. The maximum Gasteiger partial charge on any atom is 0.224 e. The molecule has 2 aromatic carbocycles. The molecule has 0 spiro atoms. The first-order valence-corrected chi connectivity index (χ1v) is 8.49. The molecule has 0 unspecified atom stereocenters. The number of pyridine rings is 1. The van der Waals surface area contributed by atoms with E-state index in [9.17, 15) is 0 Å². The highest BCUT2D eigenvalue weighted by Gasteiger charge is 2.13. The normalized spacial score (nSPS) is 10.8. The first-order valence-electron chi connectivity index (χ1n) is 8.49. The molecule has 0 aliphatic carbocycles. The van der Waals surface area contributed by atoms with Crippen molar-refractivity contribution in [2.45, 2.75) is 6.54 Å². The standard InChI is InChI=1S/C21H19N5/c1-23-21-24-13-17-11-18(15-5-3-2-4-6-15)19(25-20(17)26-21)16-9-7-14(12-22)8-10-16/h2-11,13H,12,22H2,1H3,(H,23,24,25,26). The maximum absolute atomic E-state index is 5.73. The van der Waals surface area contributed by atoms with E-state index in [2.05, 4.69) is 45.6 Å². The number of nitrogens with two attached hydrogens (primary N) is 1. The van der Waals surface area contributed by atoms with E-state index in [1.807, 2.05) is 30.3 Å². The third-order valence-corrected chi connectivity index (χ3v) is 4.34. The summed E-state index contributed by atoms with van der Waals surface area (Å²) in [4.78, 5) is 13.7. The minimum atomic E-state index is 0.524. The van der Waals surface area contributed by atoms with Crippen molar-refractivity contribution in [2.75, 3.05) is 12.4 Å². The van der Waals surface area contributed by atoms with Crippen molar-refractivity contribution < 1.29 is 0 Å². The summed E-state index contributed by atoms with van der Waals surface area (Å²) in [6, 6.07) is 20.5. The average molecular weight is 341 g/mol. The molecule has 0 bridgehead atoms. The zero-order chi connectivity index (χ0) is 17.9. The quantitative estimate of drug-likeness (QED) is 0.589. The molecule has 2 heterocycles. The summed E-state index contributed by atoms with van der Waals surface area (Å²) in [6.07, 6.45) is 1.80. The molecule has 0 aliphatic rings. The third kappa shape index (κ3) is 3.00. The largest absolute Gasteiger partial charge is 0.357 e.